The third kappa shape index (κ3) is 4.55. The monoisotopic (exact) mass is 397 g/mol. The first kappa shape index (κ1) is 20.7. The van der Waals surface area contributed by atoms with E-state index in [1.165, 1.54) is 32.0 Å². The lowest BCUT2D eigenvalue weighted by atomic mass is 9.85. The molecule has 3 unspecified atom stereocenters. The summed E-state index contributed by atoms with van der Waals surface area (Å²) >= 11 is 0. The van der Waals surface area contributed by atoms with E-state index in [1.807, 2.05) is 24.3 Å². The average molecular weight is 398 g/mol. The topological polar surface area (TPSA) is 71.8 Å². The van der Waals surface area contributed by atoms with E-state index < -0.39 is 0 Å². The number of nitrogens with zero attached hydrogens (tertiary/aromatic N) is 3. The maximum Gasteiger partial charge on any atom is 0.237 e. The zero-order valence-electron chi connectivity index (χ0n) is 14.5. The van der Waals surface area contributed by atoms with Crippen LogP contribution in [0.15, 0.2) is 36.9 Å². The van der Waals surface area contributed by atoms with Crippen molar-refractivity contribution >= 4 is 30.7 Å². The van der Waals surface area contributed by atoms with Gasteiger partial charge in [0.2, 0.25) is 5.91 Å². The molecule has 1 aliphatic carbocycles. The second-order valence-corrected chi connectivity index (χ2v) is 6.83. The van der Waals surface area contributed by atoms with E-state index in [0.29, 0.717) is 18.5 Å². The van der Waals surface area contributed by atoms with Gasteiger partial charge in [0.05, 0.1) is 11.7 Å². The third-order valence-electron chi connectivity index (χ3n) is 5.27. The van der Waals surface area contributed by atoms with Gasteiger partial charge in [0.15, 0.2) is 0 Å². The van der Waals surface area contributed by atoms with Crippen molar-refractivity contribution in [2.75, 3.05) is 0 Å². The summed E-state index contributed by atoms with van der Waals surface area (Å²) in [5.41, 5.74) is 2.05. The van der Waals surface area contributed by atoms with Gasteiger partial charge in [0.25, 0.3) is 0 Å². The number of nitrogens with one attached hydrogen (secondary N) is 2. The molecule has 2 N–H and O–H groups in total. The molecular weight excluding hydrogens is 373 g/mol. The molecule has 1 aromatic heterocycles. The summed E-state index contributed by atoms with van der Waals surface area (Å²) in [5, 5.41) is 10.7. The van der Waals surface area contributed by atoms with Gasteiger partial charge in [0.1, 0.15) is 12.7 Å². The van der Waals surface area contributed by atoms with Crippen molar-refractivity contribution in [3.63, 3.8) is 0 Å². The van der Waals surface area contributed by atoms with Crippen LogP contribution in [0.3, 0.4) is 0 Å². The molecule has 1 aromatic carbocycles. The van der Waals surface area contributed by atoms with Crippen molar-refractivity contribution in [3.8, 4) is 5.69 Å². The fraction of sp³-hybridized carbons (Fsp3) is 0.500. The normalized spacial score (nSPS) is 24.1. The molecule has 0 bridgehead atoms. The van der Waals surface area contributed by atoms with Gasteiger partial charge in [-0.05, 0) is 42.9 Å². The van der Waals surface area contributed by atoms with Gasteiger partial charge in [-0.3, -0.25) is 4.79 Å². The van der Waals surface area contributed by atoms with Crippen LogP contribution in [0.1, 0.15) is 37.7 Å². The fourth-order valence-electron chi connectivity index (χ4n) is 3.94. The van der Waals surface area contributed by atoms with E-state index >= 15 is 0 Å². The molecule has 2 heterocycles. The maximum absolute atomic E-state index is 12.4. The number of hydrogen-bond acceptors (Lipinski definition) is 4. The number of aromatic nitrogens is 3. The Labute approximate surface area is 166 Å². The van der Waals surface area contributed by atoms with E-state index in [-0.39, 0.29) is 36.8 Å². The van der Waals surface area contributed by atoms with E-state index in [2.05, 4.69) is 20.7 Å². The van der Waals surface area contributed by atoms with Crippen LogP contribution in [0.25, 0.3) is 5.69 Å². The minimum absolute atomic E-state index is 0. The van der Waals surface area contributed by atoms with Crippen LogP contribution in [-0.2, 0) is 11.3 Å². The standard InChI is InChI=1S/C18H23N5O.2ClH/c24-18(17-9-14-3-1-2-4-16(14)22-17)20-10-13-5-7-15(8-6-13)23-12-19-11-21-23;;/h5-8,11-12,14,16-17,22H,1-4,9-10H2,(H,20,24);2*1H. The van der Waals surface area contributed by atoms with Gasteiger partial charge >= 0.3 is 0 Å². The Balaban J connectivity index is 0.00000121. The molecule has 1 amide bonds. The van der Waals surface area contributed by atoms with E-state index in [9.17, 15) is 4.79 Å². The molecule has 0 spiro atoms. The molecule has 142 valence electrons. The number of fused-ring (bicyclic) bond motifs is 1. The average Bonchev–Trinajstić information content (AvgIpc) is 3.29. The molecule has 6 nitrogen and oxygen atoms in total. The van der Waals surface area contributed by atoms with Crippen LogP contribution in [0.2, 0.25) is 0 Å². The Hall–Kier alpha value is -1.63. The molecule has 1 aliphatic heterocycles. The first-order valence-electron chi connectivity index (χ1n) is 8.77. The lowest BCUT2D eigenvalue weighted by Crippen LogP contribution is -2.42. The van der Waals surface area contributed by atoms with E-state index in [4.69, 9.17) is 0 Å². The first-order chi connectivity index (χ1) is 11.8. The summed E-state index contributed by atoms with van der Waals surface area (Å²) in [6.45, 7) is 0.560. The quantitative estimate of drug-likeness (QED) is 0.831. The zero-order valence-corrected chi connectivity index (χ0v) is 16.1. The SMILES string of the molecule is Cl.Cl.O=C(NCc1ccc(-n2cncn2)cc1)C1CC2CCCCC2N1. The number of carbonyl (C=O) groups excluding carboxylic acids is 1. The first-order valence-corrected chi connectivity index (χ1v) is 8.77. The van der Waals surface area contributed by atoms with Crippen molar-refractivity contribution < 1.29 is 4.79 Å². The van der Waals surface area contributed by atoms with Crippen molar-refractivity contribution in [2.45, 2.75) is 50.7 Å². The van der Waals surface area contributed by atoms with E-state index in [0.717, 1.165) is 17.7 Å². The molecule has 0 radical (unpaired) electrons. The van der Waals surface area contributed by atoms with Crippen LogP contribution in [0, 0.1) is 5.92 Å². The summed E-state index contributed by atoms with van der Waals surface area (Å²) in [6.07, 6.45) is 9.27. The van der Waals surface area contributed by atoms with Gasteiger partial charge in [-0.1, -0.05) is 25.0 Å². The number of benzene rings is 1. The Bertz CT molecular complexity index is 678. The van der Waals surface area contributed by atoms with Gasteiger partial charge in [-0.2, -0.15) is 5.10 Å². The molecule has 8 heteroatoms. The molecular formula is C18H25Cl2N5O. The highest BCUT2D eigenvalue weighted by Crippen LogP contribution is 2.33. The van der Waals surface area contributed by atoms with Crippen LogP contribution in [-0.4, -0.2) is 32.8 Å². The lowest BCUT2D eigenvalue weighted by molar-refractivity contribution is -0.123. The second-order valence-electron chi connectivity index (χ2n) is 6.83. The molecule has 2 aromatic rings. The van der Waals surface area contributed by atoms with Gasteiger partial charge in [-0.15, -0.1) is 24.8 Å². The number of hydrogen-bond donors (Lipinski definition) is 2. The smallest absolute Gasteiger partial charge is 0.237 e. The van der Waals surface area contributed by atoms with Crippen LogP contribution < -0.4 is 10.6 Å². The second kappa shape index (κ2) is 9.35. The Morgan fingerprint density at radius 3 is 2.65 bits per heavy atom. The van der Waals surface area contributed by atoms with Gasteiger partial charge in [-0.25, -0.2) is 9.67 Å². The lowest BCUT2D eigenvalue weighted by Gasteiger charge is -2.24. The number of rotatable bonds is 4. The Morgan fingerprint density at radius 1 is 1.19 bits per heavy atom. The highest BCUT2D eigenvalue weighted by molar-refractivity contribution is 5.85. The number of carbonyl (C=O) groups is 1. The molecule has 26 heavy (non-hydrogen) atoms. The number of halogens is 2. The predicted octanol–water partition coefficient (Wildman–Crippen LogP) is 2.65. The summed E-state index contributed by atoms with van der Waals surface area (Å²) in [5.74, 6) is 0.821. The molecule has 4 rings (SSSR count). The zero-order chi connectivity index (χ0) is 16.4. The maximum atomic E-state index is 12.4. The van der Waals surface area contributed by atoms with Gasteiger partial charge in [0, 0.05) is 12.6 Å². The molecule has 2 fully saturated rings. The summed E-state index contributed by atoms with van der Waals surface area (Å²) < 4.78 is 1.71. The highest BCUT2D eigenvalue weighted by Gasteiger charge is 2.37. The minimum atomic E-state index is -0.0208. The summed E-state index contributed by atoms with van der Waals surface area (Å²) in [6, 6.07) is 8.53. The van der Waals surface area contributed by atoms with Crippen molar-refractivity contribution in [2.24, 2.45) is 5.92 Å². The largest absolute Gasteiger partial charge is 0.351 e. The highest BCUT2D eigenvalue weighted by atomic mass is 35.5. The van der Waals surface area contributed by atoms with E-state index in [1.54, 1.807) is 11.0 Å². The van der Waals surface area contributed by atoms with Crippen LogP contribution >= 0.6 is 24.8 Å². The fourth-order valence-corrected chi connectivity index (χ4v) is 3.94. The minimum Gasteiger partial charge on any atom is -0.351 e. The molecule has 1 saturated heterocycles. The summed E-state index contributed by atoms with van der Waals surface area (Å²) in [4.78, 5) is 16.4. The molecule has 2 aliphatic rings. The molecule has 1 saturated carbocycles. The Kier molecular flexibility index (Phi) is 7.43. The number of amides is 1. The van der Waals surface area contributed by atoms with Crippen molar-refractivity contribution in [1.82, 2.24) is 25.4 Å². The Morgan fingerprint density at radius 2 is 1.96 bits per heavy atom. The third-order valence-corrected chi connectivity index (χ3v) is 5.27. The van der Waals surface area contributed by atoms with Crippen molar-refractivity contribution in [3.05, 3.63) is 42.5 Å². The predicted molar refractivity (Wildman–Crippen MR) is 105 cm³/mol. The van der Waals surface area contributed by atoms with Crippen LogP contribution in [0.5, 0.6) is 0 Å². The summed E-state index contributed by atoms with van der Waals surface area (Å²) in [7, 11) is 0. The molecule has 3 atom stereocenters. The van der Waals surface area contributed by atoms with Crippen LogP contribution in [0.4, 0.5) is 0 Å². The van der Waals surface area contributed by atoms with Gasteiger partial charge < -0.3 is 10.6 Å². The van der Waals surface area contributed by atoms with Crippen molar-refractivity contribution in [1.29, 1.82) is 0 Å².